The lowest BCUT2D eigenvalue weighted by Gasteiger charge is -2.09. The van der Waals surface area contributed by atoms with Gasteiger partial charge in [0.2, 0.25) is 5.91 Å². The van der Waals surface area contributed by atoms with Crippen LogP contribution in [0.25, 0.3) is 0 Å². The van der Waals surface area contributed by atoms with Gasteiger partial charge in [-0.15, -0.1) is 12.4 Å². The molecule has 0 aliphatic carbocycles. The zero-order chi connectivity index (χ0) is 14.4. The Bertz CT molecular complexity index is 490. The second-order valence-corrected chi connectivity index (χ2v) is 6.80. The van der Waals surface area contributed by atoms with Crippen LogP contribution in [0.5, 0.6) is 0 Å². The first-order valence-corrected chi connectivity index (χ1v) is 8.76. The molecule has 1 saturated heterocycles. The van der Waals surface area contributed by atoms with Gasteiger partial charge in [0.15, 0.2) is 0 Å². The Hall–Kier alpha value is -0.910. The molecule has 1 heterocycles. The number of nitrogens with one attached hydrogen (secondary N) is 2. The topological polar surface area (TPSA) is 58.2 Å². The maximum Gasteiger partial charge on any atom is 0.224 e. The number of carbonyl (C=O) groups excluding carboxylic acids is 1. The molecule has 0 radical (unpaired) electrons. The van der Waals surface area contributed by atoms with E-state index in [4.69, 9.17) is 0 Å². The molecule has 2 rings (SSSR count). The lowest BCUT2D eigenvalue weighted by Crippen LogP contribution is -2.15. The van der Waals surface area contributed by atoms with E-state index in [1.54, 1.807) is 6.26 Å². The number of halogens is 1. The minimum atomic E-state index is -0.862. The number of carbonyl (C=O) groups is 1. The number of rotatable bonds is 6. The average molecular weight is 331 g/mol. The molecule has 6 heteroatoms. The Labute approximate surface area is 134 Å². The predicted molar refractivity (Wildman–Crippen MR) is 90.3 cm³/mol. The summed E-state index contributed by atoms with van der Waals surface area (Å²) in [4.78, 5) is 11.9. The molecule has 1 fully saturated rings. The lowest BCUT2D eigenvalue weighted by atomic mass is 10.0. The fourth-order valence-corrected chi connectivity index (χ4v) is 3.14. The normalized spacial score (nSPS) is 18.8. The van der Waals surface area contributed by atoms with Gasteiger partial charge in [-0.25, -0.2) is 0 Å². The third kappa shape index (κ3) is 6.59. The van der Waals surface area contributed by atoms with Crippen LogP contribution in [0.2, 0.25) is 0 Å². The average Bonchev–Trinajstić information content (AvgIpc) is 2.89. The molecule has 1 aliphatic rings. The molecule has 0 spiro atoms. The van der Waals surface area contributed by atoms with E-state index in [0.717, 1.165) is 30.8 Å². The van der Waals surface area contributed by atoms with Gasteiger partial charge in [-0.3, -0.25) is 9.00 Å². The highest BCUT2D eigenvalue weighted by Gasteiger charge is 2.15. The summed E-state index contributed by atoms with van der Waals surface area (Å²) < 4.78 is 11.2. The van der Waals surface area contributed by atoms with Gasteiger partial charge in [0.05, 0.1) is 0 Å². The van der Waals surface area contributed by atoms with Crippen LogP contribution in [0.1, 0.15) is 24.8 Å². The van der Waals surface area contributed by atoms with Crippen molar-refractivity contribution in [2.24, 2.45) is 5.92 Å². The molecular weight excluding hydrogens is 308 g/mol. The summed E-state index contributed by atoms with van der Waals surface area (Å²) in [5, 5.41) is 6.23. The van der Waals surface area contributed by atoms with Crippen LogP contribution in [0.4, 0.5) is 5.69 Å². The van der Waals surface area contributed by atoms with Crippen molar-refractivity contribution in [3.63, 3.8) is 0 Å². The molecule has 21 heavy (non-hydrogen) atoms. The summed E-state index contributed by atoms with van der Waals surface area (Å²) in [5.41, 5.74) is 1.78. The van der Waals surface area contributed by atoms with Crippen molar-refractivity contribution in [1.82, 2.24) is 5.32 Å². The van der Waals surface area contributed by atoms with Crippen molar-refractivity contribution < 1.29 is 9.00 Å². The smallest absolute Gasteiger partial charge is 0.224 e. The summed E-state index contributed by atoms with van der Waals surface area (Å²) in [6.07, 6.45) is 4.36. The molecule has 1 aromatic carbocycles. The SMILES string of the molecule is CS(=O)Cc1cccc(NC(=O)CCC2CCNC2)c1.Cl. The monoisotopic (exact) mass is 330 g/mol. The zero-order valence-corrected chi connectivity index (χ0v) is 13.9. The van der Waals surface area contributed by atoms with E-state index >= 15 is 0 Å². The molecule has 1 aliphatic heterocycles. The van der Waals surface area contributed by atoms with E-state index in [1.807, 2.05) is 24.3 Å². The largest absolute Gasteiger partial charge is 0.326 e. The quantitative estimate of drug-likeness (QED) is 0.841. The molecule has 118 valence electrons. The summed E-state index contributed by atoms with van der Waals surface area (Å²) in [6.45, 7) is 2.10. The van der Waals surface area contributed by atoms with Crippen LogP contribution < -0.4 is 10.6 Å². The Morgan fingerprint density at radius 1 is 1.48 bits per heavy atom. The van der Waals surface area contributed by atoms with Crippen molar-refractivity contribution in [1.29, 1.82) is 0 Å². The zero-order valence-electron chi connectivity index (χ0n) is 12.3. The molecule has 4 nitrogen and oxygen atoms in total. The van der Waals surface area contributed by atoms with Crippen molar-refractivity contribution in [2.45, 2.75) is 25.0 Å². The minimum absolute atomic E-state index is 0. The van der Waals surface area contributed by atoms with Crippen LogP contribution in [0, 0.1) is 5.92 Å². The van der Waals surface area contributed by atoms with Gasteiger partial charge >= 0.3 is 0 Å². The van der Waals surface area contributed by atoms with Crippen LogP contribution >= 0.6 is 12.4 Å². The van der Waals surface area contributed by atoms with E-state index in [2.05, 4.69) is 10.6 Å². The second-order valence-electron chi connectivity index (χ2n) is 5.36. The maximum atomic E-state index is 11.9. The summed E-state index contributed by atoms with van der Waals surface area (Å²) in [5.74, 6) is 1.22. The first-order valence-electron chi connectivity index (χ1n) is 7.03. The van der Waals surface area contributed by atoms with Gasteiger partial charge in [-0.05, 0) is 49.5 Å². The van der Waals surface area contributed by atoms with E-state index in [0.29, 0.717) is 18.1 Å². The van der Waals surface area contributed by atoms with Crippen molar-refractivity contribution in [3.8, 4) is 0 Å². The predicted octanol–water partition coefficient (Wildman–Crippen LogP) is 2.32. The molecule has 0 saturated carbocycles. The number of hydrogen-bond acceptors (Lipinski definition) is 3. The molecule has 2 N–H and O–H groups in total. The highest BCUT2D eigenvalue weighted by atomic mass is 35.5. The fourth-order valence-electron chi connectivity index (χ4n) is 2.49. The van der Waals surface area contributed by atoms with Crippen LogP contribution in [0.3, 0.4) is 0 Å². The van der Waals surface area contributed by atoms with E-state index < -0.39 is 10.8 Å². The highest BCUT2D eigenvalue weighted by molar-refractivity contribution is 7.83. The Morgan fingerprint density at radius 2 is 2.29 bits per heavy atom. The number of benzene rings is 1. The van der Waals surface area contributed by atoms with Gasteiger partial charge < -0.3 is 10.6 Å². The number of anilines is 1. The molecule has 2 unspecified atom stereocenters. The molecule has 1 amide bonds. The number of hydrogen-bond donors (Lipinski definition) is 2. The lowest BCUT2D eigenvalue weighted by molar-refractivity contribution is -0.116. The molecule has 1 aromatic rings. The van der Waals surface area contributed by atoms with Crippen molar-refractivity contribution in [2.75, 3.05) is 24.7 Å². The van der Waals surface area contributed by atoms with E-state index in [1.165, 1.54) is 6.42 Å². The minimum Gasteiger partial charge on any atom is -0.326 e. The first kappa shape index (κ1) is 18.1. The van der Waals surface area contributed by atoms with Gasteiger partial charge in [0.1, 0.15) is 0 Å². The van der Waals surface area contributed by atoms with Crippen LogP contribution in [0.15, 0.2) is 24.3 Å². The molecule has 0 aromatic heterocycles. The third-order valence-corrected chi connectivity index (χ3v) is 4.26. The Kier molecular flexibility index (Phi) is 7.93. The van der Waals surface area contributed by atoms with Gasteiger partial charge in [0, 0.05) is 34.9 Å². The van der Waals surface area contributed by atoms with Gasteiger partial charge in [-0.2, -0.15) is 0 Å². The summed E-state index contributed by atoms with van der Waals surface area (Å²) in [7, 11) is -0.862. The van der Waals surface area contributed by atoms with E-state index in [9.17, 15) is 9.00 Å². The van der Waals surface area contributed by atoms with Gasteiger partial charge in [-0.1, -0.05) is 12.1 Å². The van der Waals surface area contributed by atoms with Gasteiger partial charge in [0.25, 0.3) is 0 Å². The van der Waals surface area contributed by atoms with E-state index in [-0.39, 0.29) is 18.3 Å². The van der Waals surface area contributed by atoms with Crippen molar-refractivity contribution in [3.05, 3.63) is 29.8 Å². The Balaban J connectivity index is 0.00000220. The number of amides is 1. The third-order valence-electron chi connectivity index (χ3n) is 3.52. The fraction of sp³-hybridized carbons (Fsp3) is 0.533. The van der Waals surface area contributed by atoms with Crippen LogP contribution in [-0.4, -0.2) is 29.5 Å². The molecule has 2 atom stereocenters. The summed E-state index contributed by atoms with van der Waals surface area (Å²) in [6, 6.07) is 7.59. The van der Waals surface area contributed by atoms with Crippen molar-refractivity contribution >= 4 is 34.8 Å². The molecule has 0 bridgehead atoms. The highest BCUT2D eigenvalue weighted by Crippen LogP contribution is 2.16. The van der Waals surface area contributed by atoms with Crippen LogP contribution in [-0.2, 0) is 21.3 Å². The maximum absolute atomic E-state index is 11.9. The summed E-state index contributed by atoms with van der Waals surface area (Å²) >= 11 is 0. The standard InChI is InChI=1S/C15H22N2O2S.ClH/c1-20(19)11-13-3-2-4-14(9-13)17-15(18)6-5-12-7-8-16-10-12;/h2-4,9,12,16H,5-8,10-11H2,1H3,(H,17,18);1H. The second kappa shape index (κ2) is 9.18. The molecular formula is C15H23ClN2O2S. The first-order chi connectivity index (χ1) is 9.63. The Morgan fingerprint density at radius 3 is 2.95 bits per heavy atom.